The largest absolute Gasteiger partial charge is 0.486 e. The van der Waals surface area contributed by atoms with Gasteiger partial charge in [-0.25, -0.2) is 0 Å². The minimum atomic E-state index is -0.881. The minimum Gasteiger partial charge on any atom is -0.486 e. The number of ether oxygens (including phenoxy) is 2. The molecule has 0 unspecified atom stereocenters. The third-order valence-corrected chi connectivity index (χ3v) is 3.22. The number of benzene rings is 1. The fourth-order valence-electron chi connectivity index (χ4n) is 2.25. The zero-order chi connectivity index (χ0) is 14.1. The van der Waals surface area contributed by atoms with Gasteiger partial charge >= 0.3 is 5.97 Å². The van der Waals surface area contributed by atoms with Gasteiger partial charge in [0.15, 0.2) is 11.5 Å². The van der Waals surface area contributed by atoms with E-state index in [2.05, 4.69) is 10.2 Å². The number of hydrogen-bond donors (Lipinski definition) is 2. The van der Waals surface area contributed by atoms with Crippen molar-refractivity contribution < 1.29 is 19.4 Å². The normalized spacial score (nSPS) is 13.2. The lowest BCUT2D eigenvalue weighted by Gasteiger charge is -2.18. The van der Waals surface area contributed by atoms with Gasteiger partial charge in [-0.3, -0.25) is 9.89 Å². The smallest absolute Gasteiger partial charge is 0.307 e. The van der Waals surface area contributed by atoms with Crippen LogP contribution in [0.15, 0.2) is 18.2 Å². The summed E-state index contributed by atoms with van der Waals surface area (Å²) in [6.45, 7) is 2.86. The number of rotatable bonds is 3. The number of nitrogens with zero attached hydrogens (tertiary/aromatic N) is 1. The average molecular weight is 274 g/mol. The van der Waals surface area contributed by atoms with Gasteiger partial charge in [-0.15, -0.1) is 0 Å². The van der Waals surface area contributed by atoms with E-state index >= 15 is 0 Å². The summed E-state index contributed by atoms with van der Waals surface area (Å²) >= 11 is 0. The van der Waals surface area contributed by atoms with Crippen molar-refractivity contribution in [1.29, 1.82) is 0 Å². The number of carboxylic acids is 1. The summed E-state index contributed by atoms with van der Waals surface area (Å²) in [5, 5.41) is 16.0. The molecule has 1 aromatic heterocycles. The Labute approximate surface area is 115 Å². The maximum atomic E-state index is 10.9. The van der Waals surface area contributed by atoms with Crippen molar-refractivity contribution >= 4 is 5.97 Å². The molecule has 6 heteroatoms. The molecule has 0 saturated carbocycles. The van der Waals surface area contributed by atoms with Crippen LogP contribution >= 0.6 is 0 Å². The van der Waals surface area contributed by atoms with Crippen LogP contribution in [0.1, 0.15) is 11.3 Å². The Morgan fingerprint density at radius 3 is 2.85 bits per heavy atom. The molecule has 20 heavy (non-hydrogen) atoms. The Bertz CT molecular complexity index is 663. The fourth-order valence-corrected chi connectivity index (χ4v) is 2.25. The van der Waals surface area contributed by atoms with E-state index in [9.17, 15) is 4.79 Å². The molecule has 2 N–H and O–H groups in total. The molecule has 0 atom stereocenters. The van der Waals surface area contributed by atoms with Crippen molar-refractivity contribution in [2.75, 3.05) is 13.2 Å². The monoisotopic (exact) mass is 274 g/mol. The first-order valence-electron chi connectivity index (χ1n) is 6.31. The summed E-state index contributed by atoms with van der Waals surface area (Å²) in [6.07, 6.45) is -0.0634. The van der Waals surface area contributed by atoms with Gasteiger partial charge < -0.3 is 14.6 Å². The molecule has 0 spiro atoms. The van der Waals surface area contributed by atoms with Crippen LogP contribution in [0.2, 0.25) is 0 Å². The molecule has 0 saturated heterocycles. The zero-order valence-corrected chi connectivity index (χ0v) is 11.0. The summed E-state index contributed by atoms with van der Waals surface area (Å²) in [6, 6.07) is 5.50. The minimum absolute atomic E-state index is 0.0634. The molecule has 0 bridgehead atoms. The second-order valence-electron chi connectivity index (χ2n) is 4.60. The van der Waals surface area contributed by atoms with Gasteiger partial charge in [0.2, 0.25) is 0 Å². The first-order chi connectivity index (χ1) is 9.65. The summed E-state index contributed by atoms with van der Waals surface area (Å²) in [4.78, 5) is 10.9. The Hall–Kier alpha value is -2.50. The van der Waals surface area contributed by atoms with E-state index in [0.717, 1.165) is 11.3 Å². The van der Waals surface area contributed by atoms with Crippen molar-refractivity contribution in [2.45, 2.75) is 13.3 Å². The second-order valence-corrected chi connectivity index (χ2v) is 4.60. The highest BCUT2D eigenvalue weighted by molar-refractivity contribution is 5.76. The van der Waals surface area contributed by atoms with Gasteiger partial charge in [0.05, 0.1) is 12.1 Å². The maximum Gasteiger partial charge on any atom is 0.307 e. The van der Waals surface area contributed by atoms with Crippen LogP contribution in [-0.2, 0) is 11.2 Å². The molecule has 104 valence electrons. The van der Waals surface area contributed by atoms with Crippen molar-refractivity contribution in [3.8, 4) is 22.8 Å². The summed E-state index contributed by atoms with van der Waals surface area (Å²) in [5.41, 5.74) is 2.91. The van der Waals surface area contributed by atoms with Gasteiger partial charge in [-0.05, 0) is 25.1 Å². The molecule has 0 fully saturated rings. The number of aromatic amines is 1. The predicted molar refractivity (Wildman–Crippen MR) is 71.1 cm³/mol. The molecule has 0 aliphatic carbocycles. The van der Waals surface area contributed by atoms with Crippen molar-refractivity contribution in [2.24, 2.45) is 0 Å². The topological polar surface area (TPSA) is 84.4 Å². The number of aromatic nitrogens is 2. The molecule has 1 aliphatic heterocycles. The van der Waals surface area contributed by atoms with Crippen LogP contribution in [0, 0.1) is 6.92 Å². The van der Waals surface area contributed by atoms with Gasteiger partial charge in [0.1, 0.15) is 13.2 Å². The van der Waals surface area contributed by atoms with Gasteiger partial charge in [-0.2, -0.15) is 5.10 Å². The van der Waals surface area contributed by atoms with Crippen LogP contribution < -0.4 is 9.47 Å². The van der Waals surface area contributed by atoms with Crippen molar-refractivity contribution in [1.82, 2.24) is 10.2 Å². The Kier molecular flexibility index (Phi) is 3.06. The molecule has 6 nitrogen and oxygen atoms in total. The number of aliphatic carboxylic acids is 1. The number of hydrogen-bond acceptors (Lipinski definition) is 4. The molecular formula is C14H14N2O4. The summed E-state index contributed by atoms with van der Waals surface area (Å²) in [7, 11) is 0. The Morgan fingerprint density at radius 1 is 1.35 bits per heavy atom. The molecular weight excluding hydrogens is 260 g/mol. The number of carbonyl (C=O) groups is 1. The number of fused-ring (bicyclic) bond motifs is 1. The first-order valence-corrected chi connectivity index (χ1v) is 6.31. The van der Waals surface area contributed by atoms with Crippen LogP contribution in [0.25, 0.3) is 11.3 Å². The molecule has 2 heterocycles. The van der Waals surface area contributed by atoms with E-state index in [4.69, 9.17) is 14.6 Å². The first kappa shape index (κ1) is 12.5. The van der Waals surface area contributed by atoms with Gasteiger partial charge in [0, 0.05) is 16.8 Å². The predicted octanol–water partition coefficient (Wildman–Crippen LogP) is 1.78. The summed E-state index contributed by atoms with van der Waals surface area (Å²) < 4.78 is 11.0. The standard InChI is InChI=1S/C14H14N2O4/c1-8-10(7-13(17)18)14(16-15-8)9-2-3-11-12(6-9)20-5-4-19-11/h2-3,6H,4-5,7H2,1H3,(H,15,16)(H,17,18). The second kappa shape index (κ2) is 4.88. The van der Waals surface area contributed by atoms with Crippen molar-refractivity contribution in [3.63, 3.8) is 0 Å². The van der Waals surface area contributed by atoms with E-state index in [1.165, 1.54) is 0 Å². The lowest BCUT2D eigenvalue weighted by Crippen LogP contribution is -2.15. The number of nitrogens with one attached hydrogen (secondary N) is 1. The molecule has 2 aromatic rings. The van der Waals surface area contributed by atoms with E-state index in [-0.39, 0.29) is 6.42 Å². The Balaban J connectivity index is 2.03. The quantitative estimate of drug-likeness (QED) is 0.891. The number of carboxylic acid groups (broad SMARTS) is 1. The molecule has 3 rings (SSSR count). The number of H-pyrrole nitrogens is 1. The SMILES string of the molecule is Cc1[nH]nc(-c2ccc3c(c2)OCCO3)c1CC(=O)O. The third kappa shape index (κ3) is 2.20. The highest BCUT2D eigenvalue weighted by Crippen LogP contribution is 2.35. The van der Waals surface area contributed by atoms with E-state index in [1.54, 1.807) is 0 Å². The molecule has 0 radical (unpaired) electrons. The van der Waals surface area contributed by atoms with Gasteiger partial charge in [-0.1, -0.05) is 0 Å². The van der Waals surface area contributed by atoms with Crippen LogP contribution in [-0.4, -0.2) is 34.5 Å². The third-order valence-electron chi connectivity index (χ3n) is 3.22. The van der Waals surface area contributed by atoms with Crippen LogP contribution in [0.3, 0.4) is 0 Å². The fraction of sp³-hybridized carbons (Fsp3) is 0.286. The highest BCUT2D eigenvalue weighted by atomic mass is 16.6. The molecule has 1 aliphatic rings. The molecule has 1 aromatic carbocycles. The van der Waals surface area contributed by atoms with Crippen molar-refractivity contribution in [3.05, 3.63) is 29.5 Å². The van der Waals surface area contributed by atoms with Crippen LogP contribution in [0.4, 0.5) is 0 Å². The lowest BCUT2D eigenvalue weighted by molar-refractivity contribution is -0.136. The maximum absolute atomic E-state index is 10.9. The zero-order valence-electron chi connectivity index (χ0n) is 11.0. The lowest BCUT2D eigenvalue weighted by atomic mass is 10.0. The Morgan fingerprint density at radius 2 is 2.10 bits per heavy atom. The molecule has 0 amide bonds. The number of aryl methyl sites for hydroxylation is 1. The summed E-state index contributed by atoms with van der Waals surface area (Å²) in [5.74, 6) is 0.482. The van der Waals surface area contributed by atoms with E-state index in [0.29, 0.717) is 36.0 Å². The average Bonchev–Trinajstić information content (AvgIpc) is 2.79. The highest BCUT2D eigenvalue weighted by Gasteiger charge is 2.18. The van der Waals surface area contributed by atoms with Crippen LogP contribution in [0.5, 0.6) is 11.5 Å². The van der Waals surface area contributed by atoms with E-state index < -0.39 is 5.97 Å². The van der Waals surface area contributed by atoms with Gasteiger partial charge in [0.25, 0.3) is 0 Å². The van der Waals surface area contributed by atoms with E-state index in [1.807, 2.05) is 25.1 Å².